The minimum Gasteiger partial charge on any atom is -0.378 e. The number of anilines is 2. The van der Waals surface area contributed by atoms with E-state index in [9.17, 15) is 4.79 Å². The van der Waals surface area contributed by atoms with Crippen LogP contribution in [-0.4, -0.2) is 40.5 Å². The highest BCUT2D eigenvalue weighted by molar-refractivity contribution is 7.99. The molecule has 0 spiro atoms. The second-order valence-electron chi connectivity index (χ2n) is 7.65. The smallest absolute Gasteiger partial charge is 0.234 e. The molecule has 0 saturated carbocycles. The van der Waals surface area contributed by atoms with Crippen molar-refractivity contribution in [3.8, 4) is 11.4 Å². The van der Waals surface area contributed by atoms with Crippen LogP contribution in [0.15, 0.2) is 60.3 Å². The first-order valence-corrected chi connectivity index (χ1v) is 11.8. The predicted molar refractivity (Wildman–Crippen MR) is 135 cm³/mol. The molecule has 0 aliphatic heterocycles. The molecule has 2 aromatic carbocycles. The molecule has 168 valence electrons. The van der Waals surface area contributed by atoms with Crippen molar-refractivity contribution in [1.82, 2.24) is 14.8 Å². The van der Waals surface area contributed by atoms with Gasteiger partial charge in [-0.1, -0.05) is 62.0 Å². The quantitative estimate of drug-likeness (QED) is 0.347. The first-order valence-electron chi connectivity index (χ1n) is 10.8. The molecule has 0 radical (unpaired) electrons. The maximum Gasteiger partial charge on any atom is 0.234 e. The topological polar surface area (TPSA) is 63.1 Å². The van der Waals surface area contributed by atoms with Crippen LogP contribution in [0.4, 0.5) is 11.4 Å². The van der Waals surface area contributed by atoms with E-state index in [0.717, 1.165) is 46.7 Å². The average Bonchev–Trinajstić information content (AvgIpc) is 3.20. The fourth-order valence-electron chi connectivity index (χ4n) is 3.53. The lowest BCUT2D eigenvalue weighted by atomic mass is 10.0. The summed E-state index contributed by atoms with van der Waals surface area (Å²) < 4.78 is 2.00. The molecule has 32 heavy (non-hydrogen) atoms. The van der Waals surface area contributed by atoms with Gasteiger partial charge in [-0.3, -0.25) is 9.36 Å². The van der Waals surface area contributed by atoms with Crippen LogP contribution in [0.2, 0.25) is 0 Å². The van der Waals surface area contributed by atoms with Crippen LogP contribution < -0.4 is 10.2 Å². The third-order valence-electron chi connectivity index (χ3n) is 5.24. The summed E-state index contributed by atoms with van der Waals surface area (Å²) in [5.41, 5.74) is 5.31. The molecule has 0 saturated heterocycles. The highest BCUT2D eigenvalue weighted by atomic mass is 32.2. The number of hydrogen-bond donors (Lipinski definition) is 1. The zero-order chi connectivity index (χ0) is 23.1. The van der Waals surface area contributed by atoms with Crippen molar-refractivity contribution in [3.05, 3.63) is 66.2 Å². The number of amides is 1. The van der Waals surface area contributed by atoms with Crippen LogP contribution in [0, 0.1) is 0 Å². The summed E-state index contributed by atoms with van der Waals surface area (Å²) in [5, 5.41) is 12.6. The minimum atomic E-state index is -0.0464. The summed E-state index contributed by atoms with van der Waals surface area (Å²) in [4.78, 5) is 14.8. The average molecular weight is 450 g/mol. The van der Waals surface area contributed by atoms with Gasteiger partial charge in [0.05, 0.1) is 5.75 Å². The fourth-order valence-corrected chi connectivity index (χ4v) is 4.28. The van der Waals surface area contributed by atoms with Gasteiger partial charge in [-0.05, 0) is 36.1 Å². The Morgan fingerprint density at radius 2 is 1.81 bits per heavy atom. The summed E-state index contributed by atoms with van der Waals surface area (Å²) in [6.45, 7) is 8.64. The lowest BCUT2D eigenvalue weighted by molar-refractivity contribution is -0.113. The molecule has 3 aromatic rings. The van der Waals surface area contributed by atoms with Crippen LogP contribution in [-0.2, 0) is 24.2 Å². The van der Waals surface area contributed by atoms with E-state index in [2.05, 4.69) is 65.1 Å². The van der Waals surface area contributed by atoms with Crippen LogP contribution >= 0.6 is 11.8 Å². The molecule has 1 N–H and O–H groups in total. The number of aryl methyl sites for hydroxylation is 2. The van der Waals surface area contributed by atoms with E-state index in [-0.39, 0.29) is 11.7 Å². The molecular formula is C25H31N5OS. The molecule has 0 atom stereocenters. The molecular weight excluding hydrogens is 418 g/mol. The maximum absolute atomic E-state index is 12.8. The van der Waals surface area contributed by atoms with Gasteiger partial charge in [0.1, 0.15) is 0 Å². The van der Waals surface area contributed by atoms with Gasteiger partial charge in [0.25, 0.3) is 0 Å². The second-order valence-corrected chi connectivity index (χ2v) is 8.59. The third-order valence-corrected chi connectivity index (χ3v) is 6.21. The van der Waals surface area contributed by atoms with Crippen LogP contribution in [0.25, 0.3) is 11.4 Å². The van der Waals surface area contributed by atoms with Gasteiger partial charge in [-0.25, -0.2) is 0 Å². The van der Waals surface area contributed by atoms with Crippen molar-refractivity contribution in [2.24, 2.45) is 0 Å². The van der Waals surface area contributed by atoms with Gasteiger partial charge in [0, 0.05) is 37.6 Å². The summed E-state index contributed by atoms with van der Waals surface area (Å²) in [6.07, 6.45) is 3.57. The first-order chi connectivity index (χ1) is 15.5. The highest BCUT2D eigenvalue weighted by Crippen LogP contribution is 2.27. The molecule has 1 amide bonds. The lowest BCUT2D eigenvalue weighted by Crippen LogP contribution is -2.17. The summed E-state index contributed by atoms with van der Waals surface area (Å²) >= 11 is 1.39. The number of carbonyl (C=O) groups is 1. The van der Waals surface area contributed by atoms with E-state index >= 15 is 0 Å². The van der Waals surface area contributed by atoms with Crippen molar-refractivity contribution in [2.45, 2.75) is 38.4 Å². The zero-order valence-electron chi connectivity index (χ0n) is 19.3. The summed E-state index contributed by atoms with van der Waals surface area (Å²) in [6, 6.07) is 14.3. The van der Waals surface area contributed by atoms with Crippen molar-refractivity contribution in [1.29, 1.82) is 0 Å². The lowest BCUT2D eigenvalue weighted by Gasteiger charge is -2.15. The third kappa shape index (κ3) is 5.40. The molecule has 3 rings (SSSR count). The zero-order valence-corrected chi connectivity index (χ0v) is 20.1. The van der Waals surface area contributed by atoms with Gasteiger partial charge in [0.15, 0.2) is 11.0 Å². The standard InChI is InChI=1S/C25H31N5OS/c1-6-15-30-24(20-13-10-14-21(16-20)29(4)5)27-28-25(30)32-17-22(31)26-23-18(7-2)11-9-12-19(23)8-3/h6,9-14,16H,1,7-8,15,17H2,2-5H3,(H,26,31). The van der Waals surface area contributed by atoms with Gasteiger partial charge >= 0.3 is 0 Å². The minimum absolute atomic E-state index is 0.0464. The first kappa shape index (κ1) is 23.6. The van der Waals surface area contributed by atoms with Crippen molar-refractivity contribution < 1.29 is 4.79 Å². The van der Waals surface area contributed by atoms with E-state index in [0.29, 0.717) is 11.7 Å². The van der Waals surface area contributed by atoms with E-state index in [1.54, 1.807) is 0 Å². The number of nitrogens with one attached hydrogen (secondary N) is 1. The molecule has 1 heterocycles. The monoisotopic (exact) mass is 449 g/mol. The van der Waals surface area contributed by atoms with Crippen LogP contribution in [0.5, 0.6) is 0 Å². The molecule has 0 bridgehead atoms. The van der Waals surface area contributed by atoms with Gasteiger partial charge in [0.2, 0.25) is 5.91 Å². The summed E-state index contributed by atoms with van der Waals surface area (Å²) in [7, 11) is 4.02. The number of benzene rings is 2. The van der Waals surface area contributed by atoms with E-state index in [1.165, 1.54) is 11.8 Å². The Kier molecular flexibility index (Phi) is 8.11. The van der Waals surface area contributed by atoms with Crippen LogP contribution in [0.1, 0.15) is 25.0 Å². The molecule has 0 unspecified atom stereocenters. The number of carbonyl (C=O) groups excluding carboxylic acids is 1. The fraction of sp³-hybridized carbons (Fsp3) is 0.320. The number of allylic oxidation sites excluding steroid dienone is 1. The highest BCUT2D eigenvalue weighted by Gasteiger charge is 2.16. The largest absolute Gasteiger partial charge is 0.378 e. The number of para-hydroxylation sites is 1. The van der Waals surface area contributed by atoms with Crippen LogP contribution in [0.3, 0.4) is 0 Å². The van der Waals surface area contributed by atoms with Gasteiger partial charge in [-0.2, -0.15) is 0 Å². The van der Waals surface area contributed by atoms with Crippen molar-refractivity contribution >= 4 is 29.0 Å². The molecule has 6 nitrogen and oxygen atoms in total. The van der Waals surface area contributed by atoms with Crippen molar-refractivity contribution in [3.63, 3.8) is 0 Å². The van der Waals surface area contributed by atoms with Gasteiger partial charge < -0.3 is 10.2 Å². The normalized spacial score (nSPS) is 10.8. The molecule has 7 heteroatoms. The summed E-state index contributed by atoms with van der Waals surface area (Å²) in [5.74, 6) is 0.977. The number of thioether (sulfide) groups is 1. The Balaban J connectivity index is 1.78. The van der Waals surface area contributed by atoms with E-state index in [1.807, 2.05) is 42.9 Å². The SMILES string of the molecule is C=CCn1c(SCC(=O)Nc2c(CC)cccc2CC)nnc1-c1cccc(N(C)C)c1. The molecule has 0 aliphatic rings. The van der Waals surface area contributed by atoms with Gasteiger partial charge in [-0.15, -0.1) is 16.8 Å². The number of aromatic nitrogens is 3. The van der Waals surface area contributed by atoms with Crippen molar-refractivity contribution in [2.75, 3.05) is 30.1 Å². The molecule has 0 fully saturated rings. The molecule has 1 aromatic heterocycles. The maximum atomic E-state index is 12.8. The Morgan fingerprint density at radius 1 is 1.12 bits per heavy atom. The Hall–Kier alpha value is -3.06. The number of hydrogen-bond acceptors (Lipinski definition) is 5. The van der Waals surface area contributed by atoms with E-state index in [4.69, 9.17) is 0 Å². The Labute approximate surface area is 194 Å². The number of rotatable bonds is 10. The predicted octanol–water partition coefficient (Wildman–Crippen LogP) is 5.05. The van der Waals surface area contributed by atoms with E-state index < -0.39 is 0 Å². The second kappa shape index (κ2) is 11.0. The molecule has 0 aliphatic carbocycles. The Bertz CT molecular complexity index is 1070. The number of nitrogens with zero attached hydrogens (tertiary/aromatic N) is 4. The Morgan fingerprint density at radius 3 is 2.44 bits per heavy atom.